The lowest BCUT2D eigenvalue weighted by Gasteiger charge is -2.13. The minimum atomic E-state index is -0.453. The van der Waals surface area contributed by atoms with Crippen LogP contribution in [-0.4, -0.2) is 30.2 Å². The van der Waals surface area contributed by atoms with Gasteiger partial charge in [0.15, 0.2) is 0 Å². The third-order valence-corrected chi connectivity index (χ3v) is 4.86. The molecule has 4 rings (SSSR count). The molecule has 27 heavy (non-hydrogen) atoms. The Morgan fingerprint density at radius 2 is 2.15 bits per heavy atom. The predicted octanol–water partition coefficient (Wildman–Crippen LogP) is 4.12. The largest absolute Gasteiger partial charge is 0.457 e. The standard InChI is InChI=1S/C20H16N2O4S/c23-19(15-2-1-3-18(9-15)22-5-6-25-20(22)24)26-12-14-8-17(11-21-10-14)16-4-7-27-13-16/h1-4,7-11,13H,5-6,12H2. The molecule has 7 heteroatoms. The number of ether oxygens (including phenoxy) is 2. The first kappa shape index (κ1) is 17.2. The molecule has 0 aliphatic carbocycles. The first-order valence-corrected chi connectivity index (χ1v) is 9.33. The highest BCUT2D eigenvalue weighted by atomic mass is 32.1. The normalized spacial score (nSPS) is 13.5. The molecule has 3 aromatic rings. The second kappa shape index (κ2) is 7.59. The van der Waals surface area contributed by atoms with Crippen LogP contribution in [0.3, 0.4) is 0 Å². The fourth-order valence-corrected chi connectivity index (χ4v) is 3.48. The van der Waals surface area contributed by atoms with Gasteiger partial charge in [-0.05, 0) is 46.7 Å². The Morgan fingerprint density at radius 1 is 1.22 bits per heavy atom. The second-order valence-corrected chi connectivity index (χ2v) is 6.77. The van der Waals surface area contributed by atoms with E-state index in [1.54, 1.807) is 48.0 Å². The van der Waals surface area contributed by atoms with Gasteiger partial charge in [0.25, 0.3) is 0 Å². The van der Waals surface area contributed by atoms with E-state index in [1.807, 2.05) is 22.9 Å². The molecule has 1 fully saturated rings. The fourth-order valence-electron chi connectivity index (χ4n) is 2.81. The third-order valence-electron chi connectivity index (χ3n) is 4.17. The molecule has 0 atom stereocenters. The first-order chi connectivity index (χ1) is 13.2. The van der Waals surface area contributed by atoms with Gasteiger partial charge in [0, 0.05) is 29.2 Å². The fraction of sp³-hybridized carbons (Fsp3) is 0.150. The maximum atomic E-state index is 12.4. The van der Waals surface area contributed by atoms with E-state index in [4.69, 9.17) is 9.47 Å². The SMILES string of the molecule is O=C(OCc1cncc(-c2ccsc2)c1)c1cccc(N2CCOC2=O)c1. The van der Waals surface area contributed by atoms with Crippen molar-refractivity contribution in [2.45, 2.75) is 6.61 Å². The van der Waals surface area contributed by atoms with Crippen molar-refractivity contribution in [2.75, 3.05) is 18.1 Å². The zero-order valence-corrected chi connectivity index (χ0v) is 15.1. The number of nitrogens with zero attached hydrogens (tertiary/aromatic N) is 2. The quantitative estimate of drug-likeness (QED) is 0.623. The Labute approximate surface area is 160 Å². The van der Waals surface area contributed by atoms with Crippen molar-refractivity contribution in [3.8, 4) is 11.1 Å². The Kier molecular flexibility index (Phi) is 4.84. The molecular weight excluding hydrogens is 364 g/mol. The van der Waals surface area contributed by atoms with Gasteiger partial charge in [0.05, 0.1) is 12.1 Å². The molecule has 1 aromatic carbocycles. The summed E-state index contributed by atoms with van der Waals surface area (Å²) in [7, 11) is 0. The third kappa shape index (κ3) is 3.83. The lowest BCUT2D eigenvalue weighted by atomic mass is 10.1. The van der Waals surface area contributed by atoms with Crippen LogP contribution in [0.4, 0.5) is 10.5 Å². The Balaban J connectivity index is 1.44. The zero-order chi connectivity index (χ0) is 18.6. The number of thiophene rings is 1. The van der Waals surface area contributed by atoms with Gasteiger partial charge in [-0.25, -0.2) is 9.59 Å². The van der Waals surface area contributed by atoms with E-state index >= 15 is 0 Å². The number of esters is 1. The molecule has 0 unspecified atom stereocenters. The second-order valence-electron chi connectivity index (χ2n) is 5.99. The van der Waals surface area contributed by atoms with Gasteiger partial charge < -0.3 is 9.47 Å². The maximum absolute atomic E-state index is 12.4. The van der Waals surface area contributed by atoms with E-state index in [1.165, 1.54) is 4.90 Å². The maximum Gasteiger partial charge on any atom is 0.414 e. The number of anilines is 1. The molecule has 0 spiro atoms. The highest BCUT2D eigenvalue weighted by Crippen LogP contribution is 2.23. The van der Waals surface area contributed by atoms with Gasteiger partial charge >= 0.3 is 12.1 Å². The van der Waals surface area contributed by atoms with Crippen LogP contribution in [0.25, 0.3) is 11.1 Å². The van der Waals surface area contributed by atoms with E-state index in [0.717, 1.165) is 16.7 Å². The number of rotatable bonds is 5. The number of carbonyl (C=O) groups is 2. The summed E-state index contributed by atoms with van der Waals surface area (Å²) in [5.41, 5.74) is 3.89. The van der Waals surface area contributed by atoms with Crippen LogP contribution >= 0.6 is 11.3 Å². The molecule has 1 saturated heterocycles. The lowest BCUT2D eigenvalue weighted by Crippen LogP contribution is -2.23. The minimum Gasteiger partial charge on any atom is -0.457 e. The molecule has 1 amide bonds. The summed E-state index contributed by atoms with van der Waals surface area (Å²) < 4.78 is 10.4. The number of benzene rings is 1. The van der Waals surface area contributed by atoms with Crippen molar-refractivity contribution in [3.05, 3.63) is 70.7 Å². The summed E-state index contributed by atoms with van der Waals surface area (Å²) in [6, 6.07) is 10.8. The highest BCUT2D eigenvalue weighted by Gasteiger charge is 2.24. The summed E-state index contributed by atoms with van der Waals surface area (Å²) in [6.07, 6.45) is 3.06. The van der Waals surface area contributed by atoms with E-state index in [2.05, 4.69) is 4.98 Å². The monoisotopic (exact) mass is 380 g/mol. The molecule has 1 aliphatic rings. The van der Waals surface area contributed by atoms with Gasteiger partial charge in [0.1, 0.15) is 13.2 Å². The van der Waals surface area contributed by atoms with Crippen molar-refractivity contribution >= 4 is 29.1 Å². The molecule has 1 aliphatic heterocycles. The van der Waals surface area contributed by atoms with Crippen molar-refractivity contribution in [1.82, 2.24) is 4.98 Å². The topological polar surface area (TPSA) is 68.7 Å². The summed E-state index contributed by atoms with van der Waals surface area (Å²) in [6.45, 7) is 0.944. The molecule has 2 aromatic heterocycles. The minimum absolute atomic E-state index is 0.125. The number of carbonyl (C=O) groups excluding carboxylic acids is 2. The van der Waals surface area contributed by atoms with Gasteiger partial charge in [-0.2, -0.15) is 11.3 Å². The molecule has 0 saturated carbocycles. The van der Waals surface area contributed by atoms with E-state index in [0.29, 0.717) is 24.4 Å². The van der Waals surface area contributed by atoms with Crippen molar-refractivity contribution < 1.29 is 19.1 Å². The van der Waals surface area contributed by atoms with Crippen LogP contribution < -0.4 is 4.90 Å². The Bertz CT molecular complexity index is 972. The summed E-state index contributed by atoms with van der Waals surface area (Å²) in [4.78, 5) is 29.8. The molecular formula is C20H16N2O4S. The molecule has 3 heterocycles. The molecule has 0 N–H and O–H groups in total. The van der Waals surface area contributed by atoms with E-state index < -0.39 is 12.1 Å². The van der Waals surface area contributed by atoms with Gasteiger partial charge in [-0.3, -0.25) is 9.88 Å². The Hall–Kier alpha value is -3.19. The van der Waals surface area contributed by atoms with Crippen LogP contribution in [0.1, 0.15) is 15.9 Å². The van der Waals surface area contributed by atoms with Gasteiger partial charge in [-0.15, -0.1) is 0 Å². The molecule has 136 valence electrons. The Morgan fingerprint density at radius 3 is 2.93 bits per heavy atom. The summed E-state index contributed by atoms with van der Waals surface area (Å²) in [5, 5.41) is 4.05. The lowest BCUT2D eigenvalue weighted by molar-refractivity contribution is 0.0472. The van der Waals surface area contributed by atoms with Gasteiger partial charge in [0.2, 0.25) is 0 Å². The van der Waals surface area contributed by atoms with E-state index in [9.17, 15) is 9.59 Å². The average molecular weight is 380 g/mol. The number of hydrogen-bond donors (Lipinski definition) is 0. The van der Waals surface area contributed by atoms with Crippen LogP contribution in [-0.2, 0) is 16.1 Å². The van der Waals surface area contributed by atoms with Crippen LogP contribution in [0.2, 0.25) is 0 Å². The number of aromatic nitrogens is 1. The van der Waals surface area contributed by atoms with Crippen molar-refractivity contribution in [1.29, 1.82) is 0 Å². The van der Waals surface area contributed by atoms with Gasteiger partial charge in [-0.1, -0.05) is 6.07 Å². The molecule has 0 radical (unpaired) electrons. The van der Waals surface area contributed by atoms with Crippen molar-refractivity contribution in [3.63, 3.8) is 0 Å². The summed E-state index contributed by atoms with van der Waals surface area (Å²) >= 11 is 1.62. The number of pyridine rings is 1. The number of amides is 1. The smallest absolute Gasteiger partial charge is 0.414 e. The van der Waals surface area contributed by atoms with E-state index in [-0.39, 0.29) is 6.61 Å². The number of cyclic esters (lactones) is 1. The predicted molar refractivity (Wildman–Crippen MR) is 102 cm³/mol. The number of hydrogen-bond acceptors (Lipinski definition) is 6. The first-order valence-electron chi connectivity index (χ1n) is 8.39. The average Bonchev–Trinajstić information content (AvgIpc) is 3.38. The van der Waals surface area contributed by atoms with Crippen LogP contribution in [0.5, 0.6) is 0 Å². The molecule has 0 bridgehead atoms. The molecule has 6 nitrogen and oxygen atoms in total. The van der Waals surface area contributed by atoms with Crippen LogP contribution in [0.15, 0.2) is 59.6 Å². The highest BCUT2D eigenvalue weighted by molar-refractivity contribution is 7.08. The zero-order valence-electron chi connectivity index (χ0n) is 14.3. The van der Waals surface area contributed by atoms with Crippen LogP contribution in [0, 0.1) is 0 Å². The van der Waals surface area contributed by atoms with Crippen molar-refractivity contribution in [2.24, 2.45) is 0 Å². The summed E-state index contributed by atoms with van der Waals surface area (Å²) in [5.74, 6) is -0.453.